The summed E-state index contributed by atoms with van der Waals surface area (Å²) in [4.78, 5) is 12.4. The van der Waals surface area contributed by atoms with Gasteiger partial charge in [-0.25, -0.2) is 0 Å². The van der Waals surface area contributed by atoms with Gasteiger partial charge in [-0.1, -0.05) is 12.0 Å². The molecule has 0 bridgehead atoms. The highest BCUT2D eigenvalue weighted by Crippen LogP contribution is 1.93. The molecule has 0 aliphatic carbocycles. The quantitative estimate of drug-likeness (QED) is 0.350. The van der Waals surface area contributed by atoms with Crippen molar-refractivity contribution in [1.29, 1.82) is 0 Å². The number of azide groups is 1. The number of carboxylic acids is 1. The molecule has 0 spiro atoms. The van der Waals surface area contributed by atoms with Crippen LogP contribution < -0.4 is 0 Å². The van der Waals surface area contributed by atoms with Crippen LogP contribution in [-0.4, -0.2) is 17.6 Å². The van der Waals surface area contributed by atoms with Gasteiger partial charge in [-0.05, 0) is 5.53 Å². The SMILES string of the molecule is C[C@H](CN=[N+]=[N-])C(=O)O. The van der Waals surface area contributed by atoms with E-state index in [0.29, 0.717) is 0 Å². The molecule has 5 heteroatoms. The van der Waals surface area contributed by atoms with Crippen LogP contribution in [0.4, 0.5) is 0 Å². The summed E-state index contributed by atoms with van der Waals surface area (Å²) in [5.41, 5.74) is 7.76. The second kappa shape index (κ2) is 3.74. The first kappa shape index (κ1) is 7.78. The van der Waals surface area contributed by atoms with E-state index in [1.807, 2.05) is 0 Å². The molecule has 0 radical (unpaired) electrons. The highest BCUT2D eigenvalue weighted by molar-refractivity contribution is 5.69. The molecule has 0 aromatic carbocycles. The Balaban J connectivity index is 3.63. The number of rotatable bonds is 3. The van der Waals surface area contributed by atoms with Gasteiger partial charge in [-0.15, -0.1) is 0 Å². The summed E-state index contributed by atoms with van der Waals surface area (Å²) in [6.07, 6.45) is 0. The van der Waals surface area contributed by atoms with Crippen LogP contribution in [0.25, 0.3) is 10.4 Å². The molecule has 0 aromatic heterocycles. The third-order valence-electron chi connectivity index (χ3n) is 0.840. The van der Waals surface area contributed by atoms with E-state index in [4.69, 9.17) is 10.6 Å². The van der Waals surface area contributed by atoms with Gasteiger partial charge in [0.15, 0.2) is 0 Å². The number of carboxylic acid groups (broad SMARTS) is 1. The lowest BCUT2D eigenvalue weighted by Crippen LogP contribution is -2.11. The zero-order valence-corrected chi connectivity index (χ0v) is 4.98. The lowest BCUT2D eigenvalue weighted by atomic mass is 10.2. The van der Waals surface area contributed by atoms with Gasteiger partial charge in [-0.2, -0.15) is 0 Å². The van der Waals surface area contributed by atoms with Crippen molar-refractivity contribution in [2.45, 2.75) is 6.92 Å². The first-order valence-electron chi connectivity index (χ1n) is 2.42. The molecule has 0 aliphatic rings. The monoisotopic (exact) mass is 129 g/mol. The summed E-state index contributed by atoms with van der Waals surface area (Å²) < 4.78 is 0. The summed E-state index contributed by atoms with van der Waals surface area (Å²) >= 11 is 0. The van der Waals surface area contributed by atoms with Crippen LogP contribution in [0.15, 0.2) is 5.11 Å². The summed E-state index contributed by atoms with van der Waals surface area (Å²) in [5, 5.41) is 11.3. The number of carbonyl (C=O) groups is 1. The summed E-state index contributed by atoms with van der Waals surface area (Å²) in [5.74, 6) is -1.52. The molecule has 5 nitrogen and oxygen atoms in total. The minimum absolute atomic E-state index is 0.0197. The average molecular weight is 129 g/mol. The third kappa shape index (κ3) is 3.37. The second-order valence-corrected chi connectivity index (χ2v) is 1.65. The van der Waals surface area contributed by atoms with Crippen molar-refractivity contribution in [2.75, 3.05) is 6.54 Å². The predicted molar refractivity (Wildman–Crippen MR) is 30.8 cm³/mol. The number of aliphatic carboxylic acids is 1. The van der Waals surface area contributed by atoms with Gasteiger partial charge in [0, 0.05) is 11.5 Å². The van der Waals surface area contributed by atoms with Gasteiger partial charge in [-0.3, -0.25) is 4.79 Å². The van der Waals surface area contributed by atoms with Crippen molar-refractivity contribution >= 4 is 5.97 Å². The fourth-order valence-electron chi connectivity index (χ4n) is 0.237. The first-order valence-corrected chi connectivity index (χ1v) is 2.42. The van der Waals surface area contributed by atoms with E-state index in [1.54, 1.807) is 0 Å². The van der Waals surface area contributed by atoms with Crippen molar-refractivity contribution < 1.29 is 9.90 Å². The van der Waals surface area contributed by atoms with Gasteiger partial charge in [0.1, 0.15) is 0 Å². The van der Waals surface area contributed by atoms with Gasteiger partial charge in [0.2, 0.25) is 0 Å². The van der Waals surface area contributed by atoms with Gasteiger partial charge in [0.25, 0.3) is 0 Å². The van der Waals surface area contributed by atoms with Gasteiger partial charge >= 0.3 is 5.97 Å². The zero-order valence-electron chi connectivity index (χ0n) is 4.98. The molecular formula is C4H7N3O2. The smallest absolute Gasteiger partial charge is 0.306 e. The average Bonchev–Trinajstić information content (AvgIpc) is 1.82. The van der Waals surface area contributed by atoms with Crippen molar-refractivity contribution in [3.8, 4) is 0 Å². The van der Waals surface area contributed by atoms with Crippen molar-refractivity contribution in [1.82, 2.24) is 0 Å². The lowest BCUT2D eigenvalue weighted by Gasteiger charge is -1.96. The van der Waals surface area contributed by atoms with E-state index in [2.05, 4.69) is 10.0 Å². The molecule has 0 rings (SSSR count). The van der Waals surface area contributed by atoms with Gasteiger partial charge < -0.3 is 5.11 Å². The van der Waals surface area contributed by atoms with E-state index in [-0.39, 0.29) is 6.54 Å². The Morgan fingerprint density at radius 2 is 2.56 bits per heavy atom. The van der Waals surface area contributed by atoms with Crippen LogP contribution in [0.2, 0.25) is 0 Å². The first-order chi connectivity index (χ1) is 4.18. The Kier molecular flexibility index (Phi) is 3.23. The van der Waals surface area contributed by atoms with Crippen LogP contribution in [-0.2, 0) is 4.79 Å². The standard InChI is InChI=1S/C4H7N3O2/c1-3(4(8)9)2-6-7-5/h3H,2H2,1H3,(H,8,9)/t3-/m1/s1. The maximum Gasteiger partial charge on any atom is 0.306 e. The number of hydrogen-bond acceptors (Lipinski definition) is 2. The van der Waals surface area contributed by atoms with E-state index < -0.39 is 11.9 Å². The Bertz CT molecular complexity index is 150. The fourth-order valence-corrected chi connectivity index (χ4v) is 0.237. The Morgan fingerprint density at radius 3 is 2.89 bits per heavy atom. The highest BCUT2D eigenvalue weighted by atomic mass is 16.4. The normalized spacial score (nSPS) is 11.7. The predicted octanol–water partition coefficient (Wildman–Crippen LogP) is 1.02. The van der Waals surface area contributed by atoms with Crippen LogP contribution in [0.3, 0.4) is 0 Å². The second-order valence-electron chi connectivity index (χ2n) is 1.65. The van der Waals surface area contributed by atoms with Crippen molar-refractivity contribution in [2.24, 2.45) is 11.0 Å². The summed E-state index contributed by atoms with van der Waals surface area (Å²) in [6.45, 7) is 1.50. The molecule has 0 saturated heterocycles. The number of hydrogen-bond donors (Lipinski definition) is 1. The maximum absolute atomic E-state index is 10.0. The van der Waals surface area contributed by atoms with Crippen LogP contribution >= 0.6 is 0 Å². The molecule has 1 atom stereocenters. The van der Waals surface area contributed by atoms with Crippen molar-refractivity contribution in [3.63, 3.8) is 0 Å². The largest absolute Gasteiger partial charge is 0.481 e. The molecule has 0 unspecified atom stereocenters. The molecule has 0 amide bonds. The maximum atomic E-state index is 10.0. The minimum atomic E-state index is -0.942. The molecule has 0 aliphatic heterocycles. The molecule has 1 N–H and O–H groups in total. The number of nitrogens with zero attached hydrogens (tertiary/aromatic N) is 3. The minimum Gasteiger partial charge on any atom is -0.481 e. The van der Waals surface area contributed by atoms with Gasteiger partial charge in [0.05, 0.1) is 5.92 Å². The molecule has 50 valence electrons. The lowest BCUT2D eigenvalue weighted by molar-refractivity contribution is -0.140. The van der Waals surface area contributed by atoms with E-state index in [1.165, 1.54) is 6.92 Å². The molecule has 0 saturated carbocycles. The van der Waals surface area contributed by atoms with Crippen LogP contribution in [0.1, 0.15) is 6.92 Å². The fraction of sp³-hybridized carbons (Fsp3) is 0.750. The Hall–Kier alpha value is -1.22. The van der Waals surface area contributed by atoms with Crippen LogP contribution in [0.5, 0.6) is 0 Å². The molecule has 0 aromatic rings. The summed E-state index contributed by atoms with van der Waals surface area (Å²) in [7, 11) is 0. The Labute approximate surface area is 51.9 Å². The molecule has 9 heavy (non-hydrogen) atoms. The molecule has 0 fully saturated rings. The molecule has 0 heterocycles. The Morgan fingerprint density at radius 1 is 2.00 bits per heavy atom. The third-order valence-corrected chi connectivity index (χ3v) is 0.840. The molecular weight excluding hydrogens is 122 g/mol. The topological polar surface area (TPSA) is 86.1 Å². The van der Waals surface area contributed by atoms with Crippen molar-refractivity contribution in [3.05, 3.63) is 10.4 Å². The van der Waals surface area contributed by atoms with E-state index >= 15 is 0 Å². The van der Waals surface area contributed by atoms with E-state index in [9.17, 15) is 4.79 Å². The van der Waals surface area contributed by atoms with Crippen LogP contribution in [0, 0.1) is 5.92 Å². The van der Waals surface area contributed by atoms with E-state index in [0.717, 1.165) is 0 Å². The summed E-state index contributed by atoms with van der Waals surface area (Å²) in [6, 6.07) is 0. The highest BCUT2D eigenvalue weighted by Gasteiger charge is 2.07. The zero-order chi connectivity index (χ0) is 7.28.